The van der Waals surface area contributed by atoms with Gasteiger partial charge in [0.05, 0.1) is 5.37 Å². The zero-order valence-corrected chi connectivity index (χ0v) is 18.9. The van der Waals surface area contributed by atoms with E-state index in [0.717, 1.165) is 35.1 Å². The summed E-state index contributed by atoms with van der Waals surface area (Å²) in [5.74, 6) is 5.15. The molecule has 2 nitrogen and oxygen atoms in total. The third-order valence-electron chi connectivity index (χ3n) is 7.79. The number of hydrogen-bond acceptors (Lipinski definition) is 3. The van der Waals surface area contributed by atoms with Crippen LogP contribution < -0.4 is 5.32 Å². The summed E-state index contributed by atoms with van der Waals surface area (Å²) in [7, 11) is 0. The van der Waals surface area contributed by atoms with E-state index < -0.39 is 0 Å². The molecular weight excluding hydrogens is 336 g/mol. The highest BCUT2D eigenvalue weighted by Crippen LogP contribution is 2.55. The fourth-order valence-electron chi connectivity index (χ4n) is 6.21. The molecule has 0 bridgehead atoms. The SMILES string of the molecule is CCC(CCC1CC1C1C(CC)C(C)(C)CN1CC)C1NCCCCS1. The smallest absolute Gasteiger partial charge is 0.0560 e. The minimum atomic E-state index is 0.509. The first-order chi connectivity index (χ1) is 12.5. The van der Waals surface area contributed by atoms with E-state index in [4.69, 9.17) is 0 Å². The summed E-state index contributed by atoms with van der Waals surface area (Å²) in [4.78, 5) is 2.83. The predicted octanol–water partition coefficient (Wildman–Crippen LogP) is 5.63. The van der Waals surface area contributed by atoms with Crippen molar-refractivity contribution in [2.24, 2.45) is 29.1 Å². The maximum absolute atomic E-state index is 3.84. The van der Waals surface area contributed by atoms with E-state index in [1.807, 2.05) is 0 Å². The van der Waals surface area contributed by atoms with E-state index in [0.29, 0.717) is 5.41 Å². The Balaban J connectivity index is 1.53. The molecule has 3 heteroatoms. The molecule has 26 heavy (non-hydrogen) atoms. The molecule has 0 spiro atoms. The molecule has 3 aliphatic rings. The highest BCUT2D eigenvalue weighted by molar-refractivity contribution is 7.99. The van der Waals surface area contributed by atoms with Crippen LogP contribution in [-0.4, -0.2) is 41.7 Å². The Bertz CT molecular complexity index is 430. The Morgan fingerprint density at radius 1 is 1.19 bits per heavy atom. The third-order valence-corrected chi connectivity index (χ3v) is 9.22. The molecule has 0 amide bonds. The van der Waals surface area contributed by atoms with E-state index in [1.54, 1.807) is 0 Å². The van der Waals surface area contributed by atoms with Gasteiger partial charge in [-0.25, -0.2) is 0 Å². The topological polar surface area (TPSA) is 15.3 Å². The summed E-state index contributed by atoms with van der Waals surface area (Å²) in [6.45, 7) is 16.0. The largest absolute Gasteiger partial charge is 0.305 e. The van der Waals surface area contributed by atoms with Crippen LogP contribution in [0.25, 0.3) is 0 Å². The third kappa shape index (κ3) is 4.63. The quantitative estimate of drug-likeness (QED) is 0.587. The first-order valence-corrected chi connectivity index (χ1v) is 12.7. The van der Waals surface area contributed by atoms with Gasteiger partial charge in [-0.3, -0.25) is 4.90 Å². The number of hydrogen-bond donors (Lipinski definition) is 1. The van der Waals surface area contributed by atoms with Crippen LogP contribution in [0, 0.1) is 29.1 Å². The van der Waals surface area contributed by atoms with Gasteiger partial charge in [0.2, 0.25) is 0 Å². The molecule has 0 aromatic rings. The molecule has 2 heterocycles. The van der Waals surface area contributed by atoms with Gasteiger partial charge < -0.3 is 5.32 Å². The molecule has 1 saturated carbocycles. The normalized spacial score (nSPS) is 38.9. The number of nitrogens with one attached hydrogen (secondary N) is 1. The van der Waals surface area contributed by atoms with Crippen LogP contribution in [-0.2, 0) is 0 Å². The molecule has 152 valence electrons. The zero-order chi connectivity index (χ0) is 18.7. The van der Waals surface area contributed by atoms with Crippen molar-refractivity contribution in [3.8, 4) is 0 Å². The second-order valence-electron chi connectivity index (χ2n) is 9.91. The molecule has 2 aliphatic heterocycles. The van der Waals surface area contributed by atoms with Crippen molar-refractivity contribution in [1.82, 2.24) is 10.2 Å². The van der Waals surface area contributed by atoms with Crippen molar-refractivity contribution >= 4 is 11.8 Å². The lowest BCUT2D eigenvalue weighted by Gasteiger charge is -2.30. The first kappa shape index (κ1) is 21.0. The molecule has 1 aliphatic carbocycles. The Morgan fingerprint density at radius 3 is 2.69 bits per heavy atom. The lowest BCUT2D eigenvalue weighted by molar-refractivity contribution is 0.192. The van der Waals surface area contributed by atoms with Gasteiger partial charge in [0, 0.05) is 12.6 Å². The van der Waals surface area contributed by atoms with Crippen molar-refractivity contribution < 1.29 is 0 Å². The van der Waals surface area contributed by atoms with Gasteiger partial charge >= 0.3 is 0 Å². The van der Waals surface area contributed by atoms with Gasteiger partial charge in [0.15, 0.2) is 0 Å². The molecule has 3 fully saturated rings. The van der Waals surface area contributed by atoms with Gasteiger partial charge in [0.1, 0.15) is 0 Å². The maximum atomic E-state index is 3.84. The molecule has 0 radical (unpaired) electrons. The number of rotatable bonds is 8. The Hall–Kier alpha value is 0.270. The summed E-state index contributed by atoms with van der Waals surface area (Å²) in [6.07, 6.45) is 9.91. The zero-order valence-electron chi connectivity index (χ0n) is 18.1. The van der Waals surface area contributed by atoms with E-state index in [2.05, 4.69) is 56.6 Å². The Morgan fingerprint density at radius 2 is 2.00 bits per heavy atom. The average molecular weight is 381 g/mol. The van der Waals surface area contributed by atoms with Crippen molar-refractivity contribution in [1.29, 1.82) is 0 Å². The van der Waals surface area contributed by atoms with Crippen LogP contribution in [0.4, 0.5) is 0 Å². The Kier molecular flexibility index (Phi) is 7.41. The van der Waals surface area contributed by atoms with E-state index >= 15 is 0 Å². The van der Waals surface area contributed by atoms with Crippen LogP contribution in [0.15, 0.2) is 0 Å². The van der Waals surface area contributed by atoms with Crippen LogP contribution >= 0.6 is 11.8 Å². The van der Waals surface area contributed by atoms with Gasteiger partial charge in [-0.05, 0) is 80.0 Å². The fraction of sp³-hybridized carbons (Fsp3) is 1.00. The molecule has 3 rings (SSSR count). The van der Waals surface area contributed by atoms with E-state index in [9.17, 15) is 0 Å². The van der Waals surface area contributed by atoms with Crippen LogP contribution in [0.5, 0.6) is 0 Å². The van der Waals surface area contributed by atoms with Gasteiger partial charge in [-0.2, -0.15) is 0 Å². The fourth-order valence-corrected chi connectivity index (χ4v) is 7.67. The van der Waals surface area contributed by atoms with E-state index in [1.165, 1.54) is 70.3 Å². The molecule has 0 aromatic heterocycles. The summed E-state index contributed by atoms with van der Waals surface area (Å²) in [5.41, 5.74) is 0.509. The minimum absolute atomic E-state index is 0.509. The van der Waals surface area contributed by atoms with Gasteiger partial charge in [0.25, 0.3) is 0 Å². The molecular formula is C23H44N2S. The van der Waals surface area contributed by atoms with Gasteiger partial charge in [-0.1, -0.05) is 47.5 Å². The van der Waals surface area contributed by atoms with E-state index in [-0.39, 0.29) is 0 Å². The monoisotopic (exact) mass is 380 g/mol. The van der Waals surface area contributed by atoms with Crippen LogP contribution in [0.3, 0.4) is 0 Å². The van der Waals surface area contributed by atoms with Gasteiger partial charge in [-0.15, -0.1) is 11.8 Å². The average Bonchev–Trinajstić information content (AvgIpc) is 3.38. The van der Waals surface area contributed by atoms with Crippen molar-refractivity contribution in [2.75, 3.05) is 25.4 Å². The Labute approximate surface area is 167 Å². The molecule has 0 aromatic carbocycles. The highest BCUT2D eigenvalue weighted by atomic mass is 32.2. The molecule has 6 unspecified atom stereocenters. The number of likely N-dealkylation sites (tertiary alicyclic amines) is 1. The minimum Gasteiger partial charge on any atom is -0.305 e. The van der Waals surface area contributed by atoms with Crippen LogP contribution in [0.1, 0.15) is 79.6 Å². The summed E-state index contributed by atoms with van der Waals surface area (Å²) in [5, 5.41) is 4.56. The van der Waals surface area contributed by atoms with Crippen molar-refractivity contribution in [2.45, 2.75) is 91.0 Å². The van der Waals surface area contributed by atoms with Crippen molar-refractivity contribution in [3.63, 3.8) is 0 Å². The molecule has 2 saturated heterocycles. The summed E-state index contributed by atoms with van der Waals surface area (Å²) >= 11 is 2.20. The van der Waals surface area contributed by atoms with Crippen LogP contribution in [0.2, 0.25) is 0 Å². The lowest BCUT2D eigenvalue weighted by Crippen LogP contribution is -2.35. The number of nitrogens with zero attached hydrogens (tertiary/aromatic N) is 1. The highest BCUT2D eigenvalue weighted by Gasteiger charge is 2.54. The maximum Gasteiger partial charge on any atom is 0.0560 e. The second kappa shape index (κ2) is 9.18. The second-order valence-corrected chi connectivity index (χ2v) is 11.2. The summed E-state index contributed by atoms with van der Waals surface area (Å²) in [6, 6.07) is 0.871. The first-order valence-electron chi connectivity index (χ1n) is 11.6. The molecule has 1 N–H and O–H groups in total. The lowest BCUT2D eigenvalue weighted by atomic mass is 9.76. The number of thioether (sulfide) groups is 1. The molecule has 6 atom stereocenters. The predicted molar refractivity (Wildman–Crippen MR) is 117 cm³/mol. The summed E-state index contributed by atoms with van der Waals surface area (Å²) < 4.78 is 0. The van der Waals surface area contributed by atoms with Crippen molar-refractivity contribution in [3.05, 3.63) is 0 Å². The standard InChI is InChI=1S/C23H44N2S/c1-6-17(22-24-13-9-10-14-26-22)11-12-18-15-19(18)21-20(7-2)23(4,5)16-25(21)8-3/h17-22,24H,6-16H2,1-5H3.